The highest BCUT2D eigenvalue weighted by Crippen LogP contribution is 2.34. The van der Waals surface area contributed by atoms with Crippen molar-refractivity contribution in [3.63, 3.8) is 0 Å². The van der Waals surface area contributed by atoms with Gasteiger partial charge in [-0.25, -0.2) is 0 Å². The molecule has 0 aliphatic carbocycles. The first-order valence-electron chi connectivity index (χ1n) is 9.92. The Labute approximate surface area is 168 Å². The van der Waals surface area contributed by atoms with Crippen LogP contribution in [0.5, 0.6) is 11.5 Å². The van der Waals surface area contributed by atoms with Crippen LogP contribution < -0.4 is 9.47 Å². The smallest absolute Gasteiger partial charge is 0.254 e. The summed E-state index contributed by atoms with van der Waals surface area (Å²) in [6.45, 7) is 2.46. The third-order valence-corrected chi connectivity index (χ3v) is 5.57. The zero-order valence-corrected chi connectivity index (χ0v) is 16.0. The Morgan fingerprint density at radius 2 is 1.93 bits per heavy atom. The molecule has 1 atom stereocenters. The first kappa shape index (κ1) is 17.7. The number of nitrogens with one attached hydrogen (secondary N) is 1. The Morgan fingerprint density at radius 3 is 2.79 bits per heavy atom. The zero-order chi connectivity index (χ0) is 19.6. The van der Waals surface area contributed by atoms with E-state index in [-0.39, 0.29) is 11.8 Å². The van der Waals surface area contributed by atoms with Gasteiger partial charge in [0.05, 0.1) is 6.20 Å². The van der Waals surface area contributed by atoms with E-state index in [1.54, 1.807) is 18.5 Å². The second-order valence-corrected chi connectivity index (χ2v) is 7.38. The minimum absolute atomic E-state index is 0.0247. The number of carbonyl (C=O) groups excluding carboxylic acids is 1. The number of likely N-dealkylation sites (tertiary alicyclic amines) is 1. The molecule has 7 nitrogen and oxygen atoms in total. The summed E-state index contributed by atoms with van der Waals surface area (Å²) in [6.07, 6.45) is 7.39. The number of nitrogens with zero attached hydrogens (tertiary/aromatic N) is 3. The monoisotopic (exact) mass is 390 g/mol. The molecule has 7 heteroatoms. The summed E-state index contributed by atoms with van der Waals surface area (Å²) in [4.78, 5) is 19.2. The molecule has 0 bridgehead atoms. The summed E-state index contributed by atoms with van der Waals surface area (Å²) in [5.74, 6) is 1.58. The fourth-order valence-corrected chi connectivity index (χ4v) is 4.13. The van der Waals surface area contributed by atoms with E-state index in [4.69, 9.17) is 9.47 Å². The van der Waals surface area contributed by atoms with E-state index < -0.39 is 0 Å². The largest absolute Gasteiger partial charge is 0.486 e. The molecule has 3 aromatic rings. The molecule has 0 spiro atoms. The maximum absolute atomic E-state index is 13.2. The second kappa shape index (κ2) is 7.58. The van der Waals surface area contributed by atoms with Gasteiger partial charge in [-0.05, 0) is 48.7 Å². The minimum Gasteiger partial charge on any atom is -0.486 e. The van der Waals surface area contributed by atoms with E-state index in [1.165, 1.54) is 0 Å². The van der Waals surface area contributed by atoms with Crippen LogP contribution in [0.3, 0.4) is 0 Å². The molecule has 1 aromatic carbocycles. The zero-order valence-electron chi connectivity index (χ0n) is 16.0. The minimum atomic E-state index is 0.0247. The van der Waals surface area contributed by atoms with Crippen LogP contribution in [0.15, 0.2) is 48.9 Å². The average Bonchev–Trinajstić information content (AvgIpc) is 3.29. The van der Waals surface area contributed by atoms with E-state index in [9.17, 15) is 4.79 Å². The number of aromatic amines is 1. The second-order valence-electron chi connectivity index (χ2n) is 7.38. The lowest BCUT2D eigenvalue weighted by atomic mass is 9.90. The van der Waals surface area contributed by atoms with Gasteiger partial charge in [-0.15, -0.1) is 0 Å². The fraction of sp³-hybridized carbons (Fsp3) is 0.318. The maximum Gasteiger partial charge on any atom is 0.254 e. The molecule has 2 aliphatic rings. The number of pyridine rings is 1. The van der Waals surface area contributed by atoms with Crippen LogP contribution in [0.2, 0.25) is 0 Å². The molecule has 0 radical (unpaired) electrons. The van der Waals surface area contributed by atoms with Gasteiger partial charge >= 0.3 is 0 Å². The van der Waals surface area contributed by atoms with Gasteiger partial charge in [0.1, 0.15) is 13.2 Å². The lowest BCUT2D eigenvalue weighted by Gasteiger charge is -2.33. The Morgan fingerprint density at radius 1 is 1.10 bits per heavy atom. The highest BCUT2D eigenvalue weighted by molar-refractivity contribution is 5.95. The van der Waals surface area contributed by atoms with Gasteiger partial charge in [0.25, 0.3) is 5.91 Å². The molecule has 29 heavy (non-hydrogen) atoms. The lowest BCUT2D eigenvalue weighted by Crippen LogP contribution is -2.39. The van der Waals surface area contributed by atoms with Crippen molar-refractivity contribution in [3.05, 3.63) is 60.2 Å². The Kier molecular flexibility index (Phi) is 4.63. The molecule has 1 amide bonds. The van der Waals surface area contributed by atoms with Crippen LogP contribution in [-0.2, 0) is 0 Å². The fourth-order valence-electron chi connectivity index (χ4n) is 4.13. The molecule has 1 saturated heterocycles. The van der Waals surface area contributed by atoms with Crippen molar-refractivity contribution in [2.45, 2.75) is 18.8 Å². The Balaban J connectivity index is 1.37. The third kappa shape index (κ3) is 3.44. The van der Waals surface area contributed by atoms with Crippen molar-refractivity contribution in [2.24, 2.45) is 0 Å². The highest BCUT2D eigenvalue weighted by atomic mass is 16.6. The molecular weight excluding hydrogens is 368 g/mol. The Bertz CT molecular complexity index is 1020. The SMILES string of the molecule is O=C(c1ccc2c(c1)OCCO2)N1CCC[C@H](c2[nH]ncc2-c2ccncc2)C1. The molecule has 2 aromatic heterocycles. The van der Waals surface area contributed by atoms with Crippen LogP contribution in [-0.4, -0.2) is 52.3 Å². The van der Waals surface area contributed by atoms with E-state index >= 15 is 0 Å². The third-order valence-electron chi connectivity index (χ3n) is 5.57. The number of fused-ring (bicyclic) bond motifs is 1. The normalized spacial score (nSPS) is 18.5. The summed E-state index contributed by atoms with van der Waals surface area (Å²) in [6, 6.07) is 9.39. The number of H-pyrrole nitrogens is 1. The number of hydrogen-bond donors (Lipinski definition) is 1. The van der Waals surface area contributed by atoms with E-state index in [0.717, 1.165) is 36.2 Å². The van der Waals surface area contributed by atoms with Gasteiger partial charge < -0.3 is 14.4 Å². The number of rotatable bonds is 3. The van der Waals surface area contributed by atoms with Crippen LogP contribution in [0.25, 0.3) is 11.1 Å². The molecular formula is C22H22N4O3. The predicted octanol–water partition coefficient (Wildman–Crippen LogP) is 3.26. The van der Waals surface area contributed by atoms with Gasteiger partial charge in [0, 0.05) is 48.2 Å². The van der Waals surface area contributed by atoms with E-state index in [2.05, 4.69) is 15.2 Å². The van der Waals surface area contributed by atoms with Crippen molar-refractivity contribution in [2.75, 3.05) is 26.3 Å². The first-order chi connectivity index (χ1) is 14.3. The summed E-state index contributed by atoms with van der Waals surface area (Å²) in [7, 11) is 0. The average molecular weight is 390 g/mol. The van der Waals surface area contributed by atoms with Crippen LogP contribution in [0.1, 0.15) is 34.8 Å². The van der Waals surface area contributed by atoms with Crippen molar-refractivity contribution in [1.29, 1.82) is 0 Å². The van der Waals surface area contributed by atoms with Crippen LogP contribution in [0.4, 0.5) is 0 Å². The number of ether oxygens (including phenoxy) is 2. The molecule has 0 unspecified atom stereocenters. The number of amides is 1. The standard InChI is InChI=1S/C22H22N4O3/c27-22(16-3-4-19-20(12-16)29-11-10-28-19)26-9-1-2-17(14-26)21-18(13-24-25-21)15-5-7-23-8-6-15/h3-8,12-13,17H,1-2,9-11,14H2,(H,24,25)/t17-/m0/s1. The van der Waals surface area contributed by atoms with Crippen LogP contribution in [0, 0.1) is 0 Å². The van der Waals surface area contributed by atoms with Gasteiger partial charge in [0.2, 0.25) is 0 Å². The van der Waals surface area contributed by atoms with Gasteiger partial charge in [-0.2, -0.15) is 5.10 Å². The molecule has 0 saturated carbocycles. The molecule has 1 N–H and O–H groups in total. The lowest BCUT2D eigenvalue weighted by molar-refractivity contribution is 0.0705. The molecule has 148 valence electrons. The van der Waals surface area contributed by atoms with Crippen molar-refractivity contribution in [3.8, 4) is 22.6 Å². The van der Waals surface area contributed by atoms with Crippen molar-refractivity contribution >= 4 is 5.91 Å². The van der Waals surface area contributed by atoms with Crippen molar-refractivity contribution < 1.29 is 14.3 Å². The maximum atomic E-state index is 13.2. The van der Waals surface area contributed by atoms with Gasteiger partial charge in [0.15, 0.2) is 11.5 Å². The van der Waals surface area contributed by atoms with E-state index in [0.29, 0.717) is 36.8 Å². The van der Waals surface area contributed by atoms with Gasteiger partial charge in [-0.1, -0.05) is 0 Å². The number of aromatic nitrogens is 3. The topological polar surface area (TPSA) is 80.3 Å². The van der Waals surface area contributed by atoms with Crippen molar-refractivity contribution in [1.82, 2.24) is 20.1 Å². The first-order valence-corrected chi connectivity index (χ1v) is 9.92. The summed E-state index contributed by atoms with van der Waals surface area (Å²) >= 11 is 0. The number of hydrogen-bond acceptors (Lipinski definition) is 5. The van der Waals surface area contributed by atoms with Crippen LogP contribution >= 0.6 is 0 Å². The summed E-state index contributed by atoms with van der Waals surface area (Å²) in [5.41, 5.74) is 3.87. The molecule has 2 aliphatic heterocycles. The van der Waals surface area contributed by atoms with E-state index in [1.807, 2.05) is 35.4 Å². The number of piperidine rings is 1. The quantitative estimate of drug-likeness (QED) is 0.742. The molecule has 5 rings (SSSR count). The van der Waals surface area contributed by atoms with Gasteiger partial charge in [-0.3, -0.25) is 14.9 Å². The molecule has 4 heterocycles. The molecule has 1 fully saturated rings. The Hall–Kier alpha value is -3.35. The summed E-state index contributed by atoms with van der Waals surface area (Å²) < 4.78 is 11.2. The summed E-state index contributed by atoms with van der Waals surface area (Å²) in [5, 5.41) is 7.44. The number of carbonyl (C=O) groups is 1. The number of benzene rings is 1. The highest BCUT2D eigenvalue weighted by Gasteiger charge is 2.29. The predicted molar refractivity (Wildman–Crippen MR) is 107 cm³/mol.